The van der Waals surface area contributed by atoms with Crippen molar-refractivity contribution in [2.45, 2.75) is 26.7 Å². The van der Waals surface area contributed by atoms with Gasteiger partial charge in [0.25, 0.3) is 5.91 Å². The lowest BCUT2D eigenvalue weighted by molar-refractivity contribution is -0.112. The molecule has 0 saturated heterocycles. The molecule has 5 heteroatoms. The first kappa shape index (κ1) is 16.1. The Morgan fingerprint density at radius 1 is 1.50 bits per heavy atom. The first-order valence-corrected chi connectivity index (χ1v) is 6.88. The third-order valence-electron chi connectivity index (χ3n) is 2.80. The molecule has 1 amide bonds. The van der Waals surface area contributed by atoms with Crippen LogP contribution in [0.25, 0.3) is 0 Å². The summed E-state index contributed by atoms with van der Waals surface area (Å²) >= 11 is 5.99. The van der Waals surface area contributed by atoms with E-state index in [0.717, 1.165) is 24.9 Å². The Morgan fingerprint density at radius 2 is 2.25 bits per heavy atom. The summed E-state index contributed by atoms with van der Waals surface area (Å²) in [6.07, 6.45) is 3.49. The van der Waals surface area contributed by atoms with E-state index in [4.69, 9.17) is 16.9 Å². The van der Waals surface area contributed by atoms with Crippen LogP contribution in [-0.2, 0) is 4.79 Å². The lowest BCUT2D eigenvalue weighted by Crippen LogP contribution is -2.17. The number of amides is 1. The fourth-order valence-electron chi connectivity index (χ4n) is 1.53. The second-order valence-corrected chi connectivity index (χ2v) is 4.75. The average molecular weight is 292 g/mol. The van der Waals surface area contributed by atoms with E-state index < -0.39 is 5.91 Å². The van der Waals surface area contributed by atoms with Crippen molar-refractivity contribution in [3.05, 3.63) is 40.6 Å². The maximum atomic E-state index is 12.0. The van der Waals surface area contributed by atoms with E-state index in [1.807, 2.05) is 13.0 Å². The Labute approximate surface area is 124 Å². The highest BCUT2D eigenvalue weighted by Gasteiger charge is 2.11. The van der Waals surface area contributed by atoms with Crippen LogP contribution >= 0.6 is 11.6 Å². The molecule has 0 atom stereocenters. The van der Waals surface area contributed by atoms with Gasteiger partial charge in [-0.25, -0.2) is 0 Å². The molecule has 0 bridgehead atoms. The number of anilines is 1. The summed E-state index contributed by atoms with van der Waals surface area (Å²) in [5, 5.41) is 15.2. The van der Waals surface area contributed by atoms with Gasteiger partial charge in [-0.1, -0.05) is 31.0 Å². The quantitative estimate of drug-likeness (QED) is 0.480. The SMILES string of the molecule is CCCCN/C=C(/C#N)C(=O)Nc1cccc(Cl)c1C. The summed E-state index contributed by atoms with van der Waals surface area (Å²) in [4.78, 5) is 12.0. The van der Waals surface area contributed by atoms with E-state index in [9.17, 15) is 4.79 Å². The lowest BCUT2D eigenvalue weighted by Gasteiger charge is -2.09. The topological polar surface area (TPSA) is 64.9 Å². The molecule has 0 saturated carbocycles. The van der Waals surface area contributed by atoms with E-state index in [0.29, 0.717) is 10.7 Å². The number of carbonyl (C=O) groups is 1. The van der Waals surface area contributed by atoms with Gasteiger partial charge in [0.15, 0.2) is 0 Å². The normalized spacial score (nSPS) is 10.8. The van der Waals surface area contributed by atoms with Crippen LogP contribution in [0, 0.1) is 18.3 Å². The minimum Gasteiger partial charge on any atom is -0.390 e. The van der Waals surface area contributed by atoms with Crippen molar-refractivity contribution < 1.29 is 4.79 Å². The van der Waals surface area contributed by atoms with Gasteiger partial charge in [0.05, 0.1) is 0 Å². The summed E-state index contributed by atoms with van der Waals surface area (Å²) < 4.78 is 0. The van der Waals surface area contributed by atoms with Crippen LogP contribution in [0.1, 0.15) is 25.3 Å². The van der Waals surface area contributed by atoms with Crippen molar-refractivity contribution in [1.82, 2.24) is 5.32 Å². The second-order valence-electron chi connectivity index (χ2n) is 4.34. The second kappa shape index (κ2) is 8.23. The van der Waals surface area contributed by atoms with Gasteiger partial charge < -0.3 is 10.6 Å². The third kappa shape index (κ3) is 4.60. The van der Waals surface area contributed by atoms with Crippen molar-refractivity contribution in [3.8, 4) is 6.07 Å². The van der Waals surface area contributed by atoms with Gasteiger partial charge in [-0.2, -0.15) is 5.26 Å². The molecule has 1 rings (SSSR count). The Hall–Kier alpha value is -1.99. The fourth-order valence-corrected chi connectivity index (χ4v) is 1.71. The van der Waals surface area contributed by atoms with Crippen molar-refractivity contribution in [2.75, 3.05) is 11.9 Å². The molecular formula is C15H18ClN3O. The zero-order chi connectivity index (χ0) is 15.0. The van der Waals surface area contributed by atoms with Crippen LogP contribution in [0.5, 0.6) is 0 Å². The molecule has 0 aromatic heterocycles. The van der Waals surface area contributed by atoms with Gasteiger partial charge >= 0.3 is 0 Å². The van der Waals surface area contributed by atoms with Gasteiger partial charge in [-0.3, -0.25) is 4.79 Å². The summed E-state index contributed by atoms with van der Waals surface area (Å²) in [5.41, 5.74) is 1.43. The number of halogens is 1. The van der Waals surface area contributed by atoms with Crippen LogP contribution in [0.2, 0.25) is 5.02 Å². The molecule has 0 fully saturated rings. The molecule has 0 aliphatic carbocycles. The van der Waals surface area contributed by atoms with Crippen LogP contribution in [-0.4, -0.2) is 12.5 Å². The molecule has 0 heterocycles. The number of hydrogen-bond donors (Lipinski definition) is 2. The molecule has 2 N–H and O–H groups in total. The lowest BCUT2D eigenvalue weighted by atomic mass is 10.2. The molecule has 0 aliphatic heterocycles. The maximum Gasteiger partial charge on any atom is 0.267 e. The van der Waals surface area contributed by atoms with Crippen LogP contribution < -0.4 is 10.6 Å². The monoisotopic (exact) mass is 291 g/mol. The zero-order valence-electron chi connectivity index (χ0n) is 11.7. The highest BCUT2D eigenvalue weighted by atomic mass is 35.5. The Kier molecular flexibility index (Phi) is 6.61. The van der Waals surface area contributed by atoms with Crippen molar-refractivity contribution in [1.29, 1.82) is 5.26 Å². The van der Waals surface area contributed by atoms with Crippen molar-refractivity contribution in [2.24, 2.45) is 0 Å². The number of hydrogen-bond acceptors (Lipinski definition) is 3. The fraction of sp³-hybridized carbons (Fsp3) is 0.333. The number of rotatable bonds is 6. The minimum atomic E-state index is -0.443. The van der Waals surface area contributed by atoms with Crippen molar-refractivity contribution in [3.63, 3.8) is 0 Å². The maximum absolute atomic E-state index is 12.0. The predicted molar refractivity (Wildman–Crippen MR) is 81.4 cm³/mol. The van der Waals surface area contributed by atoms with Gasteiger partial charge in [-0.05, 0) is 31.0 Å². The smallest absolute Gasteiger partial charge is 0.267 e. The number of nitrogens with one attached hydrogen (secondary N) is 2. The standard InChI is InChI=1S/C15H18ClN3O/c1-3-4-8-18-10-12(9-17)15(20)19-14-7-5-6-13(16)11(14)2/h5-7,10,18H,3-4,8H2,1-2H3,(H,19,20)/b12-10-. The summed E-state index contributed by atoms with van der Waals surface area (Å²) in [7, 11) is 0. The van der Waals surface area contributed by atoms with E-state index in [1.54, 1.807) is 18.2 Å². The molecule has 1 aromatic rings. The molecule has 4 nitrogen and oxygen atoms in total. The highest BCUT2D eigenvalue weighted by molar-refractivity contribution is 6.31. The van der Waals surface area contributed by atoms with E-state index in [2.05, 4.69) is 17.6 Å². The predicted octanol–water partition coefficient (Wildman–Crippen LogP) is 3.38. The first-order chi connectivity index (χ1) is 9.60. The van der Waals surface area contributed by atoms with E-state index in [-0.39, 0.29) is 5.57 Å². The van der Waals surface area contributed by atoms with Crippen LogP contribution in [0.15, 0.2) is 30.0 Å². The van der Waals surface area contributed by atoms with Crippen LogP contribution in [0.3, 0.4) is 0 Å². The molecule has 0 radical (unpaired) electrons. The van der Waals surface area contributed by atoms with Crippen molar-refractivity contribution >= 4 is 23.2 Å². The number of nitriles is 1. The number of benzene rings is 1. The minimum absolute atomic E-state index is 0.0421. The Balaban J connectivity index is 2.73. The third-order valence-corrected chi connectivity index (χ3v) is 3.21. The Bertz CT molecular complexity index is 547. The van der Waals surface area contributed by atoms with E-state index >= 15 is 0 Å². The molecule has 0 spiro atoms. The van der Waals surface area contributed by atoms with Gasteiger partial charge in [0, 0.05) is 23.5 Å². The molecule has 20 heavy (non-hydrogen) atoms. The molecular weight excluding hydrogens is 274 g/mol. The van der Waals surface area contributed by atoms with Gasteiger partial charge in [-0.15, -0.1) is 0 Å². The van der Waals surface area contributed by atoms with Crippen LogP contribution in [0.4, 0.5) is 5.69 Å². The zero-order valence-corrected chi connectivity index (χ0v) is 12.4. The molecule has 0 unspecified atom stereocenters. The number of unbranched alkanes of at least 4 members (excludes halogenated alkanes) is 1. The largest absolute Gasteiger partial charge is 0.390 e. The Morgan fingerprint density at radius 3 is 2.90 bits per heavy atom. The molecule has 106 valence electrons. The van der Waals surface area contributed by atoms with Gasteiger partial charge in [0.1, 0.15) is 11.6 Å². The number of nitrogens with zero attached hydrogens (tertiary/aromatic N) is 1. The average Bonchev–Trinajstić information content (AvgIpc) is 2.44. The number of carbonyl (C=O) groups excluding carboxylic acids is 1. The summed E-state index contributed by atoms with van der Waals surface area (Å²) in [6.45, 7) is 4.63. The highest BCUT2D eigenvalue weighted by Crippen LogP contribution is 2.23. The first-order valence-electron chi connectivity index (χ1n) is 6.50. The van der Waals surface area contributed by atoms with E-state index in [1.165, 1.54) is 6.20 Å². The molecule has 0 aliphatic rings. The summed E-state index contributed by atoms with van der Waals surface area (Å²) in [6, 6.07) is 7.14. The summed E-state index contributed by atoms with van der Waals surface area (Å²) in [5.74, 6) is -0.443. The van der Waals surface area contributed by atoms with Gasteiger partial charge in [0.2, 0.25) is 0 Å². The molecule has 1 aromatic carbocycles.